The van der Waals surface area contributed by atoms with Crippen molar-refractivity contribution in [2.45, 2.75) is 6.42 Å². The van der Waals surface area contributed by atoms with Gasteiger partial charge in [-0.3, -0.25) is 4.79 Å². The largest absolute Gasteiger partial charge is 0.397 e. The smallest absolute Gasteiger partial charge is 0.256 e. The van der Waals surface area contributed by atoms with Gasteiger partial charge in [-0.15, -0.1) is 0 Å². The highest BCUT2D eigenvalue weighted by molar-refractivity contribution is 6.29. The van der Waals surface area contributed by atoms with Crippen molar-refractivity contribution in [2.24, 2.45) is 5.92 Å². The summed E-state index contributed by atoms with van der Waals surface area (Å²) >= 11 is 5.75. The zero-order valence-electron chi connectivity index (χ0n) is 9.27. The van der Waals surface area contributed by atoms with Crippen molar-refractivity contribution in [1.82, 2.24) is 9.88 Å². The van der Waals surface area contributed by atoms with E-state index in [1.807, 2.05) is 0 Å². The molecule has 1 aromatic rings. The molecule has 6 heteroatoms. The first-order chi connectivity index (χ1) is 8.11. The second kappa shape index (κ2) is 4.89. The number of nitrogens with two attached hydrogens (primary N) is 1. The summed E-state index contributed by atoms with van der Waals surface area (Å²) in [5.74, 6) is 0.0141. The number of nitrogens with zero attached hydrogens (tertiary/aromatic N) is 2. The molecule has 1 aromatic heterocycles. The molecule has 1 aliphatic heterocycles. The van der Waals surface area contributed by atoms with Gasteiger partial charge in [-0.25, -0.2) is 4.98 Å². The van der Waals surface area contributed by atoms with E-state index in [-0.39, 0.29) is 23.6 Å². The number of halogens is 1. The Morgan fingerprint density at radius 1 is 1.71 bits per heavy atom. The zero-order valence-corrected chi connectivity index (χ0v) is 10.0. The molecule has 0 spiro atoms. The van der Waals surface area contributed by atoms with Crippen LogP contribution in [0.5, 0.6) is 0 Å². The fourth-order valence-electron chi connectivity index (χ4n) is 1.96. The number of likely N-dealkylation sites (tertiary alicyclic amines) is 1. The van der Waals surface area contributed by atoms with Crippen LogP contribution >= 0.6 is 11.6 Å². The Bertz CT molecular complexity index is 439. The van der Waals surface area contributed by atoms with Gasteiger partial charge in [-0.2, -0.15) is 0 Å². The lowest BCUT2D eigenvalue weighted by atomic mass is 10.1. The van der Waals surface area contributed by atoms with Gasteiger partial charge >= 0.3 is 0 Å². The van der Waals surface area contributed by atoms with Crippen LogP contribution in [0.2, 0.25) is 5.15 Å². The van der Waals surface area contributed by atoms with Gasteiger partial charge in [0.05, 0.1) is 17.4 Å². The van der Waals surface area contributed by atoms with E-state index < -0.39 is 0 Å². The van der Waals surface area contributed by atoms with E-state index in [4.69, 9.17) is 22.4 Å². The molecule has 0 aliphatic carbocycles. The Kier molecular flexibility index (Phi) is 3.49. The average molecular weight is 256 g/mol. The Morgan fingerprint density at radius 3 is 3.12 bits per heavy atom. The number of carbonyl (C=O) groups excluding carboxylic acids is 1. The maximum atomic E-state index is 12.2. The molecular weight excluding hydrogens is 242 g/mol. The van der Waals surface area contributed by atoms with E-state index in [0.29, 0.717) is 24.3 Å². The topological polar surface area (TPSA) is 79.5 Å². The van der Waals surface area contributed by atoms with E-state index in [0.717, 1.165) is 6.42 Å². The highest BCUT2D eigenvalue weighted by Gasteiger charge is 2.27. The number of rotatable bonds is 2. The molecular formula is C11H14ClN3O2. The van der Waals surface area contributed by atoms with Crippen LogP contribution in [-0.2, 0) is 0 Å². The van der Waals surface area contributed by atoms with Crippen molar-refractivity contribution >= 4 is 23.2 Å². The van der Waals surface area contributed by atoms with E-state index in [2.05, 4.69) is 4.98 Å². The molecule has 1 saturated heterocycles. The number of carbonyl (C=O) groups is 1. The summed E-state index contributed by atoms with van der Waals surface area (Å²) in [7, 11) is 0. The molecule has 1 fully saturated rings. The van der Waals surface area contributed by atoms with Crippen LogP contribution in [0.25, 0.3) is 0 Å². The SMILES string of the molecule is Nc1cnc(Cl)cc1C(=O)N1CCC(CO)C1. The number of aliphatic hydroxyl groups is 1. The third kappa shape index (κ3) is 2.50. The van der Waals surface area contributed by atoms with Crippen LogP contribution in [0.4, 0.5) is 5.69 Å². The van der Waals surface area contributed by atoms with Crippen molar-refractivity contribution in [2.75, 3.05) is 25.4 Å². The maximum Gasteiger partial charge on any atom is 0.256 e. The van der Waals surface area contributed by atoms with Crippen LogP contribution in [0.15, 0.2) is 12.3 Å². The van der Waals surface area contributed by atoms with Crippen molar-refractivity contribution < 1.29 is 9.90 Å². The third-order valence-corrected chi connectivity index (χ3v) is 3.17. The maximum absolute atomic E-state index is 12.2. The molecule has 0 radical (unpaired) electrons. The average Bonchev–Trinajstić information content (AvgIpc) is 2.80. The molecule has 2 rings (SSSR count). The molecule has 17 heavy (non-hydrogen) atoms. The predicted octanol–water partition coefficient (Wildman–Crippen LogP) is 0.772. The van der Waals surface area contributed by atoms with Crippen molar-refractivity contribution in [3.63, 3.8) is 0 Å². The molecule has 0 saturated carbocycles. The number of hydrogen-bond acceptors (Lipinski definition) is 4. The van der Waals surface area contributed by atoms with Gasteiger partial charge in [-0.1, -0.05) is 11.6 Å². The van der Waals surface area contributed by atoms with Gasteiger partial charge in [0.2, 0.25) is 0 Å². The number of anilines is 1. The van der Waals surface area contributed by atoms with Gasteiger partial charge in [0.15, 0.2) is 0 Å². The van der Waals surface area contributed by atoms with Crippen LogP contribution in [0.1, 0.15) is 16.8 Å². The van der Waals surface area contributed by atoms with Crippen LogP contribution in [-0.4, -0.2) is 40.6 Å². The minimum Gasteiger partial charge on any atom is -0.397 e. The highest BCUT2D eigenvalue weighted by atomic mass is 35.5. The molecule has 3 N–H and O–H groups in total. The van der Waals surface area contributed by atoms with Gasteiger partial charge < -0.3 is 15.7 Å². The van der Waals surface area contributed by atoms with E-state index in [1.54, 1.807) is 4.90 Å². The van der Waals surface area contributed by atoms with Crippen LogP contribution in [0.3, 0.4) is 0 Å². The molecule has 0 bridgehead atoms. The summed E-state index contributed by atoms with van der Waals surface area (Å²) in [6.45, 7) is 1.31. The minimum atomic E-state index is -0.150. The number of aromatic nitrogens is 1. The van der Waals surface area contributed by atoms with Crippen LogP contribution < -0.4 is 5.73 Å². The van der Waals surface area contributed by atoms with Crippen LogP contribution in [0, 0.1) is 5.92 Å². The summed E-state index contributed by atoms with van der Waals surface area (Å²) in [6.07, 6.45) is 2.20. The Balaban J connectivity index is 2.17. The van der Waals surface area contributed by atoms with Gasteiger partial charge in [0.25, 0.3) is 5.91 Å². The van der Waals surface area contributed by atoms with Crippen molar-refractivity contribution in [3.05, 3.63) is 23.0 Å². The summed E-state index contributed by atoms with van der Waals surface area (Å²) in [6, 6.07) is 1.48. The summed E-state index contributed by atoms with van der Waals surface area (Å²) in [4.78, 5) is 17.7. The quantitative estimate of drug-likeness (QED) is 0.765. The number of pyridine rings is 1. The lowest BCUT2D eigenvalue weighted by molar-refractivity contribution is 0.0783. The number of hydrogen-bond donors (Lipinski definition) is 2. The van der Waals surface area contributed by atoms with E-state index in [9.17, 15) is 4.79 Å². The van der Waals surface area contributed by atoms with Crippen molar-refractivity contribution in [3.8, 4) is 0 Å². The van der Waals surface area contributed by atoms with Crippen molar-refractivity contribution in [1.29, 1.82) is 0 Å². The minimum absolute atomic E-state index is 0.108. The Hall–Kier alpha value is -1.33. The molecule has 1 aliphatic rings. The molecule has 2 heterocycles. The molecule has 5 nitrogen and oxygen atoms in total. The fourth-order valence-corrected chi connectivity index (χ4v) is 2.12. The molecule has 92 valence electrons. The normalized spacial score (nSPS) is 19.6. The number of amides is 1. The second-order valence-electron chi connectivity index (χ2n) is 4.18. The first-order valence-corrected chi connectivity index (χ1v) is 5.80. The fraction of sp³-hybridized carbons (Fsp3) is 0.455. The summed E-state index contributed by atoms with van der Waals surface area (Å²) in [5.41, 5.74) is 6.41. The summed E-state index contributed by atoms with van der Waals surface area (Å²) < 4.78 is 0. The van der Waals surface area contributed by atoms with Gasteiger partial charge in [0.1, 0.15) is 5.15 Å². The summed E-state index contributed by atoms with van der Waals surface area (Å²) in [5, 5.41) is 9.29. The van der Waals surface area contributed by atoms with E-state index in [1.165, 1.54) is 12.3 Å². The number of nitrogen functional groups attached to an aromatic ring is 1. The lowest BCUT2D eigenvalue weighted by Gasteiger charge is -2.17. The molecule has 1 unspecified atom stereocenters. The molecule has 1 amide bonds. The number of aliphatic hydroxyl groups excluding tert-OH is 1. The van der Waals surface area contributed by atoms with E-state index >= 15 is 0 Å². The first-order valence-electron chi connectivity index (χ1n) is 5.43. The molecule has 0 aromatic carbocycles. The lowest BCUT2D eigenvalue weighted by Crippen LogP contribution is -2.29. The van der Waals surface area contributed by atoms with Gasteiger partial charge in [-0.05, 0) is 12.5 Å². The standard InChI is InChI=1S/C11H14ClN3O2/c12-10-3-8(9(13)4-14-10)11(17)15-2-1-7(5-15)6-16/h3-4,7,16H,1-2,5-6,13H2. The second-order valence-corrected chi connectivity index (χ2v) is 4.57. The van der Waals surface area contributed by atoms with Gasteiger partial charge in [0, 0.05) is 25.6 Å². The zero-order chi connectivity index (χ0) is 12.4. The third-order valence-electron chi connectivity index (χ3n) is 2.96. The highest BCUT2D eigenvalue weighted by Crippen LogP contribution is 2.22. The monoisotopic (exact) mass is 255 g/mol. The Labute approximate surface area is 104 Å². The Morgan fingerprint density at radius 2 is 2.47 bits per heavy atom. The molecule has 1 atom stereocenters. The predicted molar refractivity (Wildman–Crippen MR) is 64.8 cm³/mol. The first kappa shape index (κ1) is 12.1.